The van der Waals surface area contributed by atoms with Crippen LogP contribution < -0.4 is 0 Å². The summed E-state index contributed by atoms with van der Waals surface area (Å²) in [5, 5.41) is 0.761. The lowest BCUT2D eigenvalue weighted by Crippen LogP contribution is -1.93. The molecule has 0 N–H and O–H groups in total. The molecule has 0 amide bonds. The van der Waals surface area contributed by atoms with E-state index in [1.54, 1.807) is 6.92 Å². The molecule has 1 aromatic carbocycles. The third-order valence-electron chi connectivity index (χ3n) is 2.32. The van der Waals surface area contributed by atoms with Gasteiger partial charge < -0.3 is 0 Å². The summed E-state index contributed by atoms with van der Waals surface area (Å²) in [6, 6.07) is 1.28. The maximum absolute atomic E-state index is 13.4. The summed E-state index contributed by atoms with van der Waals surface area (Å²) in [6.45, 7) is 5.72. The maximum Gasteiger partial charge on any atom is 0.185 e. The zero-order valence-corrected chi connectivity index (χ0v) is 9.58. The molecule has 2 rings (SSSR count). The number of rotatable bonds is 1. The van der Waals surface area contributed by atoms with E-state index in [2.05, 4.69) is 4.98 Å². The number of fused-ring (bicyclic) bond motifs is 1. The van der Waals surface area contributed by atoms with E-state index < -0.39 is 11.6 Å². The lowest BCUT2D eigenvalue weighted by atomic mass is 10.0. The smallest absolute Gasteiger partial charge is 0.185 e. The molecule has 15 heavy (non-hydrogen) atoms. The fourth-order valence-electron chi connectivity index (χ4n) is 1.58. The molecule has 1 aromatic heterocycles. The van der Waals surface area contributed by atoms with E-state index in [1.165, 1.54) is 17.4 Å². The van der Waals surface area contributed by atoms with Gasteiger partial charge in [0.1, 0.15) is 5.52 Å². The standard InChI is InChI=1S/C11H11F2NS/c1-5(2)7-4-8(12)9(13)10-11(7)15-6(3)14-10/h4-5H,1-3H3. The Morgan fingerprint density at radius 1 is 1.33 bits per heavy atom. The third kappa shape index (κ3) is 1.63. The minimum Gasteiger partial charge on any atom is -0.238 e. The van der Waals surface area contributed by atoms with Crippen LogP contribution in [0.2, 0.25) is 0 Å². The molecule has 1 nitrogen and oxygen atoms in total. The number of hydrogen-bond acceptors (Lipinski definition) is 2. The van der Waals surface area contributed by atoms with Crippen molar-refractivity contribution in [1.29, 1.82) is 0 Å². The molecule has 0 fully saturated rings. The first-order chi connectivity index (χ1) is 7.00. The van der Waals surface area contributed by atoms with Crippen LogP contribution in [0.25, 0.3) is 10.2 Å². The summed E-state index contributed by atoms with van der Waals surface area (Å²) in [5.41, 5.74) is 0.996. The number of thiazole rings is 1. The number of halogens is 2. The second-order valence-electron chi connectivity index (χ2n) is 3.83. The molecule has 2 aromatic rings. The van der Waals surface area contributed by atoms with Gasteiger partial charge in [-0.3, -0.25) is 0 Å². The summed E-state index contributed by atoms with van der Waals surface area (Å²) in [7, 11) is 0. The molecule has 0 saturated carbocycles. The Morgan fingerprint density at radius 3 is 2.60 bits per heavy atom. The van der Waals surface area contributed by atoms with Crippen LogP contribution in [0.4, 0.5) is 8.78 Å². The molecule has 4 heteroatoms. The van der Waals surface area contributed by atoms with E-state index in [0.29, 0.717) is 0 Å². The minimum atomic E-state index is -0.834. The predicted molar refractivity (Wildman–Crippen MR) is 58.4 cm³/mol. The molecule has 0 spiro atoms. The Bertz CT molecular complexity index is 517. The second-order valence-corrected chi connectivity index (χ2v) is 5.03. The van der Waals surface area contributed by atoms with Crippen molar-refractivity contribution < 1.29 is 8.78 Å². The van der Waals surface area contributed by atoms with Crippen molar-refractivity contribution in [3.05, 3.63) is 28.3 Å². The Labute approximate surface area is 90.8 Å². The van der Waals surface area contributed by atoms with Crippen molar-refractivity contribution in [3.8, 4) is 0 Å². The molecule has 0 aliphatic heterocycles. The van der Waals surface area contributed by atoms with E-state index in [0.717, 1.165) is 15.3 Å². The molecule has 80 valence electrons. The van der Waals surface area contributed by atoms with Gasteiger partial charge in [-0.2, -0.15) is 0 Å². The van der Waals surface area contributed by atoms with E-state index in [1.807, 2.05) is 13.8 Å². The number of aryl methyl sites for hydroxylation is 1. The zero-order chi connectivity index (χ0) is 11.2. The lowest BCUT2D eigenvalue weighted by Gasteiger charge is -2.06. The summed E-state index contributed by atoms with van der Waals surface area (Å²) < 4.78 is 27.5. The highest BCUT2D eigenvalue weighted by Gasteiger charge is 2.17. The third-order valence-corrected chi connectivity index (χ3v) is 3.34. The quantitative estimate of drug-likeness (QED) is 0.717. The van der Waals surface area contributed by atoms with Crippen molar-refractivity contribution >= 4 is 21.6 Å². The van der Waals surface area contributed by atoms with Gasteiger partial charge in [0.25, 0.3) is 0 Å². The van der Waals surface area contributed by atoms with Gasteiger partial charge in [-0.1, -0.05) is 13.8 Å². The maximum atomic E-state index is 13.4. The lowest BCUT2D eigenvalue weighted by molar-refractivity contribution is 0.513. The van der Waals surface area contributed by atoms with Crippen LogP contribution in [-0.2, 0) is 0 Å². The van der Waals surface area contributed by atoms with Crippen LogP contribution >= 0.6 is 11.3 Å². The van der Waals surface area contributed by atoms with Crippen molar-refractivity contribution in [2.24, 2.45) is 0 Å². The van der Waals surface area contributed by atoms with Crippen LogP contribution in [-0.4, -0.2) is 4.98 Å². The number of aromatic nitrogens is 1. The molecular formula is C11H11F2NS. The predicted octanol–water partition coefficient (Wildman–Crippen LogP) is 4.01. The molecule has 0 aliphatic carbocycles. The van der Waals surface area contributed by atoms with Crippen molar-refractivity contribution in [2.75, 3.05) is 0 Å². The topological polar surface area (TPSA) is 12.9 Å². The van der Waals surface area contributed by atoms with Gasteiger partial charge in [-0.25, -0.2) is 13.8 Å². The summed E-state index contributed by atoms with van der Waals surface area (Å²) >= 11 is 1.41. The fourth-order valence-corrected chi connectivity index (χ4v) is 2.66. The number of hydrogen-bond donors (Lipinski definition) is 0. The van der Waals surface area contributed by atoms with Crippen LogP contribution in [0.1, 0.15) is 30.3 Å². The van der Waals surface area contributed by atoms with Gasteiger partial charge in [0.05, 0.1) is 9.71 Å². The van der Waals surface area contributed by atoms with Crippen LogP contribution in [0, 0.1) is 18.6 Å². The number of nitrogens with zero attached hydrogens (tertiary/aromatic N) is 1. The molecular weight excluding hydrogens is 216 g/mol. The van der Waals surface area contributed by atoms with E-state index in [4.69, 9.17) is 0 Å². The minimum absolute atomic E-state index is 0.168. The Balaban J connectivity index is 2.87. The molecule has 0 bridgehead atoms. The molecule has 0 unspecified atom stereocenters. The molecule has 0 atom stereocenters. The van der Waals surface area contributed by atoms with Crippen molar-refractivity contribution in [2.45, 2.75) is 26.7 Å². The van der Waals surface area contributed by atoms with Gasteiger partial charge in [0.2, 0.25) is 0 Å². The summed E-state index contributed by atoms with van der Waals surface area (Å²) in [5.74, 6) is -1.47. The average molecular weight is 227 g/mol. The average Bonchev–Trinajstić information content (AvgIpc) is 2.53. The van der Waals surface area contributed by atoms with Crippen LogP contribution in [0.3, 0.4) is 0 Å². The van der Waals surface area contributed by atoms with E-state index >= 15 is 0 Å². The highest BCUT2D eigenvalue weighted by molar-refractivity contribution is 7.18. The monoisotopic (exact) mass is 227 g/mol. The van der Waals surface area contributed by atoms with Gasteiger partial charge in [0, 0.05) is 0 Å². The van der Waals surface area contributed by atoms with E-state index in [9.17, 15) is 8.78 Å². The zero-order valence-electron chi connectivity index (χ0n) is 8.77. The van der Waals surface area contributed by atoms with Gasteiger partial charge >= 0.3 is 0 Å². The first-order valence-corrected chi connectivity index (χ1v) is 5.57. The number of benzene rings is 1. The van der Waals surface area contributed by atoms with Crippen LogP contribution in [0.15, 0.2) is 6.07 Å². The summed E-state index contributed by atoms with van der Waals surface area (Å²) in [6.07, 6.45) is 0. The molecule has 0 radical (unpaired) electrons. The molecule has 0 saturated heterocycles. The molecule has 1 heterocycles. The fraction of sp³-hybridized carbons (Fsp3) is 0.364. The van der Waals surface area contributed by atoms with E-state index in [-0.39, 0.29) is 11.4 Å². The van der Waals surface area contributed by atoms with Crippen molar-refractivity contribution in [3.63, 3.8) is 0 Å². The van der Waals surface area contributed by atoms with Gasteiger partial charge in [0.15, 0.2) is 11.6 Å². The Kier molecular flexibility index (Phi) is 2.46. The first-order valence-electron chi connectivity index (χ1n) is 4.75. The SMILES string of the molecule is Cc1nc2c(F)c(F)cc(C(C)C)c2s1. The molecule has 0 aliphatic rings. The normalized spacial score (nSPS) is 11.6. The Hall–Kier alpha value is -1.03. The van der Waals surface area contributed by atoms with Crippen LogP contribution in [0.5, 0.6) is 0 Å². The van der Waals surface area contributed by atoms with Gasteiger partial charge in [-0.05, 0) is 24.5 Å². The first kappa shape index (κ1) is 10.5. The second kappa shape index (κ2) is 3.52. The highest BCUT2D eigenvalue weighted by Crippen LogP contribution is 2.33. The van der Waals surface area contributed by atoms with Crippen molar-refractivity contribution in [1.82, 2.24) is 4.98 Å². The highest BCUT2D eigenvalue weighted by atomic mass is 32.1. The Morgan fingerprint density at radius 2 is 2.00 bits per heavy atom. The summed E-state index contributed by atoms with van der Waals surface area (Å²) in [4.78, 5) is 4.02. The largest absolute Gasteiger partial charge is 0.238 e. The van der Waals surface area contributed by atoms with Gasteiger partial charge in [-0.15, -0.1) is 11.3 Å².